The van der Waals surface area contributed by atoms with E-state index in [2.05, 4.69) is 29.6 Å². The molecule has 0 unspecified atom stereocenters. The first-order valence-electron chi connectivity index (χ1n) is 6.23. The molecule has 0 bridgehead atoms. The van der Waals surface area contributed by atoms with E-state index in [9.17, 15) is 5.11 Å². The molecule has 1 aromatic rings. The first-order chi connectivity index (χ1) is 8.28. The number of hydrogen-bond donors (Lipinski definition) is 2. The average molecular weight is 235 g/mol. The molecule has 3 nitrogen and oxygen atoms in total. The molecule has 0 atom stereocenters. The summed E-state index contributed by atoms with van der Waals surface area (Å²) in [6.07, 6.45) is 1.87. The maximum atomic E-state index is 9.18. The average Bonchev–Trinajstić information content (AvgIpc) is 2.29. The SMILES string of the molecule is COCc1ccc(CNCC2CC(O)C2)cc1. The molecule has 1 saturated carbocycles. The second kappa shape index (κ2) is 6.15. The molecule has 1 aromatic carbocycles. The van der Waals surface area contributed by atoms with Gasteiger partial charge in [-0.05, 0) is 36.4 Å². The standard InChI is InChI=1S/C14H21NO2/c1-17-10-12-4-2-11(3-5-12)8-15-9-13-6-14(16)7-13/h2-5,13-16H,6-10H2,1H3. The Bertz CT molecular complexity index is 331. The second-order valence-electron chi connectivity index (χ2n) is 4.87. The lowest BCUT2D eigenvalue weighted by atomic mass is 9.82. The zero-order valence-corrected chi connectivity index (χ0v) is 10.4. The zero-order chi connectivity index (χ0) is 12.1. The summed E-state index contributed by atoms with van der Waals surface area (Å²) in [6.45, 7) is 2.59. The van der Waals surface area contributed by atoms with Crippen LogP contribution in [0.1, 0.15) is 24.0 Å². The van der Waals surface area contributed by atoms with E-state index in [0.29, 0.717) is 12.5 Å². The van der Waals surface area contributed by atoms with E-state index in [0.717, 1.165) is 25.9 Å². The lowest BCUT2D eigenvalue weighted by molar-refractivity contribution is 0.0430. The summed E-state index contributed by atoms with van der Waals surface area (Å²) in [7, 11) is 1.71. The van der Waals surface area contributed by atoms with Gasteiger partial charge in [-0.3, -0.25) is 0 Å². The third-order valence-corrected chi connectivity index (χ3v) is 3.31. The number of aliphatic hydroxyl groups excluding tert-OH is 1. The molecule has 0 aromatic heterocycles. The first kappa shape index (κ1) is 12.6. The molecular formula is C14H21NO2. The number of ether oxygens (including phenoxy) is 1. The van der Waals surface area contributed by atoms with Crippen molar-refractivity contribution >= 4 is 0 Å². The van der Waals surface area contributed by atoms with Gasteiger partial charge in [0.1, 0.15) is 0 Å². The molecule has 0 aliphatic heterocycles. The minimum Gasteiger partial charge on any atom is -0.393 e. The van der Waals surface area contributed by atoms with Crippen LogP contribution in [-0.4, -0.2) is 24.9 Å². The number of nitrogens with one attached hydrogen (secondary N) is 1. The van der Waals surface area contributed by atoms with E-state index in [1.54, 1.807) is 7.11 Å². The fourth-order valence-corrected chi connectivity index (χ4v) is 2.21. The predicted molar refractivity (Wildman–Crippen MR) is 67.6 cm³/mol. The Kier molecular flexibility index (Phi) is 4.54. The van der Waals surface area contributed by atoms with Crippen molar-refractivity contribution in [1.29, 1.82) is 0 Å². The Morgan fingerprint density at radius 3 is 2.47 bits per heavy atom. The fourth-order valence-electron chi connectivity index (χ4n) is 2.21. The highest BCUT2D eigenvalue weighted by Gasteiger charge is 2.26. The maximum Gasteiger partial charge on any atom is 0.0713 e. The van der Waals surface area contributed by atoms with E-state index in [-0.39, 0.29) is 6.10 Å². The van der Waals surface area contributed by atoms with Crippen molar-refractivity contribution in [3.05, 3.63) is 35.4 Å². The molecule has 94 valence electrons. The highest BCUT2D eigenvalue weighted by Crippen LogP contribution is 2.26. The fraction of sp³-hybridized carbons (Fsp3) is 0.571. The normalized spacial score (nSPS) is 23.4. The monoisotopic (exact) mass is 235 g/mol. The molecule has 0 saturated heterocycles. The number of methoxy groups -OCH3 is 1. The second-order valence-corrected chi connectivity index (χ2v) is 4.87. The molecule has 1 fully saturated rings. The van der Waals surface area contributed by atoms with Crippen LogP contribution < -0.4 is 5.32 Å². The molecule has 0 spiro atoms. The van der Waals surface area contributed by atoms with E-state index in [4.69, 9.17) is 4.74 Å². The number of hydrogen-bond acceptors (Lipinski definition) is 3. The van der Waals surface area contributed by atoms with Crippen LogP contribution in [0.4, 0.5) is 0 Å². The lowest BCUT2D eigenvalue weighted by Crippen LogP contribution is -2.35. The molecule has 2 N–H and O–H groups in total. The summed E-state index contributed by atoms with van der Waals surface area (Å²) in [5.74, 6) is 0.665. The lowest BCUT2D eigenvalue weighted by Gasteiger charge is -2.31. The molecule has 0 heterocycles. The van der Waals surface area contributed by atoms with Crippen LogP contribution in [0, 0.1) is 5.92 Å². The van der Waals surface area contributed by atoms with Crippen LogP contribution >= 0.6 is 0 Å². The summed E-state index contributed by atoms with van der Waals surface area (Å²) in [5, 5.41) is 12.6. The molecule has 3 heteroatoms. The van der Waals surface area contributed by atoms with E-state index >= 15 is 0 Å². The van der Waals surface area contributed by atoms with Crippen LogP contribution in [0.5, 0.6) is 0 Å². The van der Waals surface area contributed by atoms with Gasteiger partial charge in [0.15, 0.2) is 0 Å². The van der Waals surface area contributed by atoms with Gasteiger partial charge in [-0.1, -0.05) is 24.3 Å². The predicted octanol–water partition coefficient (Wildman–Crippen LogP) is 1.69. The Balaban J connectivity index is 1.68. The maximum absolute atomic E-state index is 9.18. The van der Waals surface area contributed by atoms with Crippen molar-refractivity contribution in [2.24, 2.45) is 5.92 Å². The smallest absolute Gasteiger partial charge is 0.0713 e. The highest BCUT2D eigenvalue weighted by molar-refractivity contribution is 5.21. The summed E-state index contributed by atoms with van der Waals surface area (Å²) in [6, 6.07) is 8.48. The first-order valence-corrected chi connectivity index (χ1v) is 6.23. The van der Waals surface area contributed by atoms with Gasteiger partial charge < -0.3 is 15.2 Å². The molecule has 17 heavy (non-hydrogen) atoms. The molecule has 0 radical (unpaired) electrons. The van der Waals surface area contributed by atoms with Gasteiger partial charge >= 0.3 is 0 Å². The number of aliphatic hydroxyl groups is 1. The molecule has 1 aliphatic rings. The minimum absolute atomic E-state index is 0.0462. The summed E-state index contributed by atoms with van der Waals surface area (Å²) in [5.41, 5.74) is 2.50. The third kappa shape index (κ3) is 3.80. The summed E-state index contributed by atoms with van der Waals surface area (Å²) >= 11 is 0. The van der Waals surface area contributed by atoms with Crippen molar-refractivity contribution in [2.45, 2.75) is 32.1 Å². The van der Waals surface area contributed by atoms with Gasteiger partial charge in [0.25, 0.3) is 0 Å². The summed E-state index contributed by atoms with van der Waals surface area (Å²) < 4.78 is 5.07. The van der Waals surface area contributed by atoms with Crippen molar-refractivity contribution in [3.8, 4) is 0 Å². The summed E-state index contributed by atoms with van der Waals surface area (Å²) in [4.78, 5) is 0. The van der Waals surface area contributed by atoms with Crippen molar-refractivity contribution in [3.63, 3.8) is 0 Å². The Labute approximate surface area is 103 Å². The molecule has 0 amide bonds. The zero-order valence-electron chi connectivity index (χ0n) is 10.4. The van der Waals surface area contributed by atoms with Gasteiger partial charge in [-0.15, -0.1) is 0 Å². The Hall–Kier alpha value is -0.900. The van der Waals surface area contributed by atoms with Crippen molar-refractivity contribution < 1.29 is 9.84 Å². The van der Waals surface area contributed by atoms with Crippen LogP contribution in [0.2, 0.25) is 0 Å². The van der Waals surface area contributed by atoms with E-state index < -0.39 is 0 Å². The van der Waals surface area contributed by atoms with Crippen LogP contribution in [0.25, 0.3) is 0 Å². The number of rotatable bonds is 6. The minimum atomic E-state index is -0.0462. The quantitative estimate of drug-likeness (QED) is 0.788. The topological polar surface area (TPSA) is 41.5 Å². The van der Waals surface area contributed by atoms with Gasteiger partial charge in [-0.2, -0.15) is 0 Å². The van der Waals surface area contributed by atoms with Crippen LogP contribution in [0.3, 0.4) is 0 Å². The van der Waals surface area contributed by atoms with Crippen LogP contribution in [-0.2, 0) is 17.9 Å². The van der Waals surface area contributed by atoms with Crippen molar-refractivity contribution in [2.75, 3.05) is 13.7 Å². The molecular weight excluding hydrogens is 214 g/mol. The largest absolute Gasteiger partial charge is 0.393 e. The van der Waals surface area contributed by atoms with E-state index in [1.165, 1.54) is 11.1 Å². The van der Waals surface area contributed by atoms with Crippen molar-refractivity contribution in [1.82, 2.24) is 5.32 Å². The third-order valence-electron chi connectivity index (χ3n) is 3.31. The molecule has 2 rings (SSSR count). The highest BCUT2D eigenvalue weighted by atomic mass is 16.5. The van der Waals surface area contributed by atoms with Gasteiger partial charge in [0, 0.05) is 13.7 Å². The molecule has 1 aliphatic carbocycles. The Morgan fingerprint density at radius 2 is 1.88 bits per heavy atom. The van der Waals surface area contributed by atoms with Gasteiger partial charge in [-0.25, -0.2) is 0 Å². The van der Waals surface area contributed by atoms with E-state index in [1.807, 2.05) is 0 Å². The van der Waals surface area contributed by atoms with Gasteiger partial charge in [0.05, 0.1) is 12.7 Å². The Morgan fingerprint density at radius 1 is 1.24 bits per heavy atom. The van der Waals surface area contributed by atoms with Gasteiger partial charge in [0.2, 0.25) is 0 Å². The number of benzene rings is 1. The van der Waals surface area contributed by atoms with Crippen LogP contribution in [0.15, 0.2) is 24.3 Å².